The molecular weight excluding hydrogens is 346 g/mol. The number of nitrogens with zero attached hydrogens (tertiary/aromatic N) is 1. The first-order valence-electron chi connectivity index (χ1n) is 9.49. The van der Waals surface area contributed by atoms with Crippen LogP contribution in [0.15, 0.2) is 21.3 Å². The molecule has 1 aliphatic rings. The van der Waals surface area contributed by atoms with Crippen LogP contribution in [0.1, 0.15) is 49.3 Å². The normalized spacial score (nSPS) is 18.0. The number of carbonyl (C=O) groups excluding carboxylic acids is 1. The lowest BCUT2D eigenvalue weighted by molar-refractivity contribution is -0.140. The Bertz CT molecular complexity index is 902. The number of likely N-dealkylation sites (tertiary alicyclic amines) is 1. The number of esters is 1. The first-order chi connectivity index (χ1) is 12.9. The van der Waals surface area contributed by atoms with Crippen LogP contribution in [-0.2, 0) is 22.5 Å². The number of phenols is 1. The van der Waals surface area contributed by atoms with E-state index in [9.17, 15) is 14.7 Å². The number of rotatable bonds is 5. The summed E-state index contributed by atoms with van der Waals surface area (Å²) >= 11 is 0. The number of methoxy groups -OCH3 is 1. The number of carbonyl (C=O) groups is 1. The zero-order valence-corrected chi connectivity index (χ0v) is 16.2. The first-order valence-corrected chi connectivity index (χ1v) is 9.49. The van der Waals surface area contributed by atoms with Gasteiger partial charge >= 0.3 is 11.6 Å². The molecule has 1 N–H and O–H groups in total. The quantitative estimate of drug-likeness (QED) is 0.640. The molecule has 6 heteroatoms. The van der Waals surface area contributed by atoms with Gasteiger partial charge in [0, 0.05) is 30.5 Å². The molecule has 1 aromatic heterocycles. The molecule has 2 aromatic rings. The summed E-state index contributed by atoms with van der Waals surface area (Å²) in [4.78, 5) is 25.8. The van der Waals surface area contributed by atoms with Crippen molar-refractivity contribution in [3.63, 3.8) is 0 Å². The van der Waals surface area contributed by atoms with Crippen LogP contribution in [0.3, 0.4) is 0 Å². The van der Waals surface area contributed by atoms with Gasteiger partial charge in [0.25, 0.3) is 0 Å². The van der Waals surface area contributed by atoms with E-state index in [0.29, 0.717) is 35.7 Å². The third kappa shape index (κ3) is 4.16. The molecule has 1 saturated heterocycles. The maximum atomic E-state index is 11.9. The minimum Gasteiger partial charge on any atom is -0.507 e. The van der Waals surface area contributed by atoms with Gasteiger partial charge in [-0.1, -0.05) is 6.42 Å². The number of aromatic hydroxyl groups is 1. The van der Waals surface area contributed by atoms with Gasteiger partial charge in [-0.25, -0.2) is 4.79 Å². The molecule has 0 radical (unpaired) electrons. The van der Waals surface area contributed by atoms with E-state index in [-0.39, 0.29) is 18.1 Å². The van der Waals surface area contributed by atoms with E-state index in [2.05, 4.69) is 11.8 Å². The van der Waals surface area contributed by atoms with Crippen molar-refractivity contribution in [1.29, 1.82) is 0 Å². The molecule has 27 heavy (non-hydrogen) atoms. The molecule has 3 rings (SSSR count). The second-order valence-corrected chi connectivity index (χ2v) is 7.38. The summed E-state index contributed by atoms with van der Waals surface area (Å²) in [7, 11) is 1.35. The van der Waals surface area contributed by atoms with Crippen LogP contribution in [0.25, 0.3) is 11.0 Å². The molecule has 0 amide bonds. The standard InChI is InChI=1S/C21H27NO5/c1-13-10-19(24)27-21-16(13)11-15(7-8-18(23)26-3)20(25)17(21)12-22-9-5-4-6-14(22)2/h10-11,14,25H,4-9,12H2,1-3H3. The van der Waals surface area contributed by atoms with Crippen molar-refractivity contribution >= 4 is 16.9 Å². The molecule has 1 aromatic carbocycles. The summed E-state index contributed by atoms with van der Waals surface area (Å²) in [5.74, 6) is -0.213. The van der Waals surface area contributed by atoms with Crippen molar-refractivity contribution < 1.29 is 19.1 Å². The monoisotopic (exact) mass is 373 g/mol. The lowest BCUT2D eigenvalue weighted by atomic mass is 9.96. The highest BCUT2D eigenvalue weighted by Gasteiger charge is 2.24. The Balaban J connectivity index is 2.08. The number of benzene rings is 1. The lowest BCUT2D eigenvalue weighted by Crippen LogP contribution is -2.36. The van der Waals surface area contributed by atoms with Crippen molar-refractivity contribution in [3.8, 4) is 5.75 Å². The van der Waals surface area contributed by atoms with Gasteiger partial charge in [0.15, 0.2) is 0 Å². The Morgan fingerprint density at radius 3 is 2.85 bits per heavy atom. The highest BCUT2D eigenvalue weighted by Crippen LogP contribution is 2.35. The van der Waals surface area contributed by atoms with Crippen molar-refractivity contribution in [2.45, 2.75) is 58.5 Å². The van der Waals surface area contributed by atoms with Gasteiger partial charge in [0.1, 0.15) is 11.3 Å². The molecule has 6 nitrogen and oxygen atoms in total. The fraction of sp³-hybridized carbons (Fsp3) is 0.524. The summed E-state index contributed by atoms with van der Waals surface area (Å²) < 4.78 is 10.2. The molecule has 1 unspecified atom stereocenters. The van der Waals surface area contributed by atoms with Gasteiger partial charge in [0.05, 0.1) is 12.7 Å². The van der Waals surface area contributed by atoms with E-state index >= 15 is 0 Å². The van der Waals surface area contributed by atoms with Crippen molar-refractivity contribution in [3.05, 3.63) is 39.2 Å². The highest BCUT2D eigenvalue weighted by atomic mass is 16.5. The SMILES string of the molecule is COC(=O)CCc1cc2c(C)cc(=O)oc2c(CN2CCCCC2C)c1O. The molecule has 0 saturated carbocycles. The number of phenolic OH excluding ortho intramolecular Hbond substituents is 1. The second-order valence-electron chi connectivity index (χ2n) is 7.38. The Kier molecular flexibility index (Phi) is 5.85. The predicted octanol–water partition coefficient (Wildman–Crippen LogP) is 3.29. The topological polar surface area (TPSA) is 80.0 Å². The van der Waals surface area contributed by atoms with E-state index in [1.54, 1.807) is 0 Å². The maximum absolute atomic E-state index is 11.9. The highest BCUT2D eigenvalue weighted by molar-refractivity contribution is 5.86. The fourth-order valence-electron chi connectivity index (χ4n) is 3.84. The Labute approximate surface area is 158 Å². The number of fused-ring (bicyclic) bond motifs is 1. The average Bonchev–Trinajstić information content (AvgIpc) is 2.64. The van der Waals surface area contributed by atoms with E-state index in [0.717, 1.165) is 30.3 Å². The maximum Gasteiger partial charge on any atom is 0.336 e. The molecule has 0 spiro atoms. The van der Waals surface area contributed by atoms with Crippen molar-refractivity contribution in [2.24, 2.45) is 0 Å². The largest absolute Gasteiger partial charge is 0.507 e. The van der Waals surface area contributed by atoms with E-state index in [1.165, 1.54) is 19.6 Å². The number of aryl methyl sites for hydroxylation is 2. The molecule has 1 atom stereocenters. The Morgan fingerprint density at radius 1 is 1.37 bits per heavy atom. The summed E-state index contributed by atoms with van der Waals surface area (Å²) in [5.41, 5.74) is 2.12. The van der Waals surface area contributed by atoms with Crippen LogP contribution >= 0.6 is 0 Å². The van der Waals surface area contributed by atoms with Crippen LogP contribution in [0, 0.1) is 6.92 Å². The third-order valence-electron chi connectivity index (χ3n) is 5.52. The van der Waals surface area contributed by atoms with Gasteiger partial charge in [-0.3, -0.25) is 9.69 Å². The fourth-order valence-corrected chi connectivity index (χ4v) is 3.84. The van der Waals surface area contributed by atoms with E-state index in [4.69, 9.17) is 9.15 Å². The van der Waals surface area contributed by atoms with Gasteiger partial charge < -0.3 is 14.3 Å². The smallest absolute Gasteiger partial charge is 0.336 e. The second kappa shape index (κ2) is 8.13. The minimum absolute atomic E-state index is 0.109. The van der Waals surface area contributed by atoms with Gasteiger partial charge in [-0.05, 0) is 56.8 Å². The molecule has 2 heterocycles. The summed E-state index contributed by atoms with van der Waals surface area (Å²) in [6.45, 7) is 5.50. The minimum atomic E-state index is -0.422. The molecule has 1 aliphatic heterocycles. The number of ether oxygens (including phenoxy) is 1. The van der Waals surface area contributed by atoms with Gasteiger partial charge in [-0.15, -0.1) is 0 Å². The molecule has 1 fully saturated rings. The predicted molar refractivity (Wildman–Crippen MR) is 103 cm³/mol. The Morgan fingerprint density at radius 2 is 2.15 bits per heavy atom. The Hall–Kier alpha value is -2.34. The van der Waals surface area contributed by atoms with Gasteiger partial charge in [0.2, 0.25) is 0 Å². The molecule has 0 aliphatic carbocycles. The van der Waals surface area contributed by atoms with E-state index < -0.39 is 5.63 Å². The summed E-state index contributed by atoms with van der Waals surface area (Å²) in [6.07, 6.45) is 4.00. The van der Waals surface area contributed by atoms with Crippen molar-refractivity contribution in [1.82, 2.24) is 4.90 Å². The third-order valence-corrected chi connectivity index (χ3v) is 5.52. The number of hydrogen-bond acceptors (Lipinski definition) is 6. The van der Waals surface area contributed by atoms with Crippen LogP contribution in [0.4, 0.5) is 0 Å². The molecule has 146 valence electrons. The van der Waals surface area contributed by atoms with E-state index in [1.807, 2.05) is 13.0 Å². The van der Waals surface area contributed by atoms with Crippen LogP contribution < -0.4 is 5.63 Å². The average molecular weight is 373 g/mol. The van der Waals surface area contributed by atoms with Crippen molar-refractivity contribution in [2.75, 3.05) is 13.7 Å². The zero-order chi connectivity index (χ0) is 19.6. The number of piperidine rings is 1. The molecular formula is C21H27NO5. The lowest BCUT2D eigenvalue weighted by Gasteiger charge is -2.33. The summed E-state index contributed by atoms with van der Waals surface area (Å²) in [5, 5.41) is 11.7. The van der Waals surface area contributed by atoms with Crippen LogP contribution in [0.2, 0.25) is 0 Å². The number of hydrogen-bond donors (Lipinski definition) is 1. The first kappa shape index (κ1) is 19.4. The van der Waals surface area contributed by atoms with Crippen LogP contribution in [-0.4, -0.2) is 35.7 Å². The zero-order valence-electron chi connectivity index (χ0n) is 16.2. The summed E-state index contributed by atoms with van der Waals surface area (Å²) in [6, 6.07) is 3.68. The van der Waals surface area contributed by atoms with Crippen LogP contribution in [0.5, 0.6) is 5.75 Å². The van der Waals surface area contributed by atoms with Gasteiger partial charge in [-0.2, -0.15) is 0 Å². The molecule has 0 bridgehead atoms.